The van der Waals surface area contributed by atoms with Crippen molar-refractivity contribution in [3.63, 3.8) is 0 Å². The fourth-order valence-electron chi connectivity index (χ4n) is 3.93. The van der Waals surface area contributed by atoms with Gasteiger partial charge in [-0.1, -0.05) is 6.07 Å². The van der Waals surface area contributed by atoms with E-state index in [0.717, 1.165) is 24.3 Å². The van der Waals surface area contributed by atoms with Crippen molar-refractivity contribution in [1.82, 2.24) is 30.4 Å². The van der Waals surface area contributed by atoms with Crippen molar-refractivity contribution in [3.8, 4) is 22.9 Å². The summed E-state index contributed by atoms with van der Waals surface area (Å²) in [6.07, 6.45) is 1.94. The number of methoxy groups -OCH3 is 2. The van der Waals surface area contributed by atoms with Crippen LogP contribution in [0.4, 0.5) is 0 Å². The fourth-order valence-corrected chi connectivity index (χ4v) is 4.64. The average molecular weight is 515 g/mol. The van der Waals surface area contributed by atoms with Crippen molar-refractivity contribution in [1.29, 1.82) is 0 Å². The second-order valence-electron chi connectivity index (χ2n) is 8.37. The Morgan fingerprint density at radius 3 is 2.81 bits per heavy atom. The van der Waals surface area contributed by atoms with Crippen LogP contribution in [-0.2, 0) is 27.4 Å². The van der Waals surface area contributed by atoms with Gasteiger partial charge in [0.2, 0.25) is 17.6 Å². The third-order valence-electron chi connectivity index (χ3n) is 5.97. The summed E-state index contributed by atoms with van der Waals surface area (Å²) in [5, 5.41) is 17.3. The summed E-state index contributed by atoms with van der Waals surface area (Å²) in [6.45, 7) is 3.02. The normalized spacial score (nSPS) is 15.9. The highest BCUT2D eigenvalue weighted by atomic mass is 32.1. The molecule has 12 heteroatoms. The number of ether oxygens (including phenoxy) is 3. The molecule has 2 amide bonds. The third-order valence-corrected chi connectivity index (χ3v) is 6.83. The Morgan fingerprint density at radius 1 is 1.28 bits per heavy atom. The van der Waals surface area contributed by atoms with E-state index in [-0.39, 0.29) is 24.5 Å². The molecule has 0 aliphatic carbocycles. The number of aromatic nitrogens is 4. The molecule has 192 valence electrons. The van der Waals surface area contributed by atoms with Gasteiger partial charge >= 0.3 is 0 Å². The number of hydrogen-bond acceptors (Lipinski definition) is 9. The van der Waals surface area contributed by atoms with Crippen molar-refractivity contribution < 1.29 is 23.8 Å². The predicted molar refractivity (Wildman–Crippen MR) is 133 cm³/mol. The van der Waals surface area contributed by atoms with Crippen LogP contribution in [0.5, 0.6) is 11.5 Å². The van der Waals surface area contributed by atoms with E-state index in [9.17, 15) is 9.59 Å². The minimum atomic E-state index is -0.685. The zero-order valence-electron chi connectivity index (χ0n) is 20.5. The number of hydrogen-bond donors (Lipinski definition) is 1. The number of carbonyl (C=O) groups excluding carboxylic acids is 2. The van der Waals surface area contributed by atoms with Crippen molar-refractivity contribution in [3.05, 3.63) is 40.6 Å². The van der Waals surface area contributed by atoms with E-state index in [0.29, 0.717) is 36.0 Å². The Kier molecular flexibility index (Phi) is 8.49. The standard InChI is InChI=1S/C24H30N6O5S/c1-16(24(32)25-13-18-6-4-10-35-18)29(14-19-7-5-11-36-19)22(31)15-30-27-23(26-28-30)17-8-9-20(33-2)21(12-17)34-3/h5,7-9,11-12,16,18H,4,6,10,13-15H2,1-3H3,(H,25,32)/t16-,18+/m1/s1. The van der Waals surface area contributed by atoms with E-state index in [1.165, 1.54) is 21.0 Å². The molecule has 0 bridgehead atoms. The number of carbonyl (C=O) groups is 2. The molecule has 0 saturated carbocycles. The van der Waals surface area contributed by atoms with E-state index in [1.807, 2.05) is 17.5 Å². The topological polar surface area (TPSA) is 121 Å². The molecule has 0 radical (unpaired) electrons. The molecular weight excluding hydrogens is 484 g/mol. The molecule has 2 atom stereocenters. The van der Waals surface area contributed by atoms with E-state index in [2.05, 4.69) is 20.7 Å². The highest BCUT2D eigenvalue weighted by Gasteiger charge is 2.28. The van der Waals surface area contributed by atoms with Crippen LogP contribution >= 0.6 is 11.3 Å². The van der Waals surface area contributed by atoms with Crippen LogP contribution < -0.4 is 14.8 Å². The smallest absolute Gasteiger partial charge is 0.247 e. The summed E-state index contributed by atoms with van der Waals surface area (Å²) in [7, 11) is 3.11. The van der Waals surface area contributed by atoms with Gasteiger partial charge < -0.3 is 24.4 Å². The van der Waals surface area contributed by atoms with Crippen LogP contribution in [0.15, 0.2) is 35.7 Å². The van der Waals surface area contributed by atoms with Gasteiger partial charge in [0.05, 0.1) is 26.9 Å². The van der Waals surface area contributed by atoms with Gasteiger partial charge in [-0.3, -0.25) is 9.59 Å². The summed E-state index contributed by atoms with van der Waals surface area (Å²) in [5.74, 6) is 0.940. The number of nitrogens with one attached hydrogen (secondary N) is 1. The number of nitrogens with zero attached hydrogens (tertiary/aromatic N) is 5. The van der Waals surface area contributed by atoms with Gasteiger partial charge in [0.25, 0.3) is 0 Å². The van der Waals surface area contributed by atoms with E-state index in [1.54, 1.807) is 39.3 Å². The zero-order chi connectivity index (χ0) is 25.5. The van der Waals surface area contributed by atoms with Gasteiger partial charge in [0.15, 0.2) is 11.5 Å². The second kappa shape index (κ2) is 12.0. The minimum absolute atomic E-state index is 0.0250. The highest BCUT2D eigenvalue weighted by molar-refractivity contribution is 7.09. The van der Waals surface area contributed by atoms with Crippen LogP contribution in [0.2, 0.25) is 0 Å². The van der Waals surface area contributed by atoms with E-state index >= 15 is 0 Å². The molecule has 36 heavy (non-hydrogen) atoms. The molecule has 2 aromatic heterocycles. The van der Waals surface area contributed by atoms with Crippen LogP contribution in [0.1, 0.15) is 24.6 Å². The van der Waals surface area contributed by atoms with Crippen molar-refractivity contribution in [2.24, 2.45) is 0 Å². The van der Waals surface area contributed by atoms with Crippen LogP contribution in [-0.4, -0.2) is 76.4 Å². The van der Waals surface area contributed by atoms with Gasteiger partial charge in [0, 0.05) is 23.6 Å². The summed E-state index contributed by atoms with van der Waals surface area (Å²) in [4.78, 5) is 30.0. The Morgan fingerprint density at radius 2 is 2.11 bits per heavy atom. The van der Waals surface area contributed by atoms with Gasteiger partial charge in [-0.2, -0.15) is 4.80 Å². The lowest BCUT2D eigenvalue weighted by Crippen LogP contribution is -2.49. The Bertz CT molecular complexity index is 1160. The average Bonchev–Trinajstić information content (AvgIpc) is 3.68. The predicted octanol–water partition coefficient (Wildman–Crippen LogP) is 2.13. The monoisotopic (exact) mass is 514 g/mol. The quantitative estimate of drug-likeness (QED) is 0.413. The third kappa shape index (κ3) is 6.18. The molecule has 3 heterocycles. The van der Waals surface area contributed by atoms with E-state index in [4.69, 9.17) is 14.2 Å². The van der Waals surface area contributed by atoms with Crippen molar-refractivity contribution in [2.45, 2.75) is 45.0 Å². The summed E-state index contributed by atoms with van der Waals surface area (Å²) >= 11 is 1.53. The first-order valence-electron chi connectivity index (χ1n) is 11.7. The highest BCUT2D eigenvalue weighted by Crippen LogP contribution is 2.30. The Balaban J connectivity index is 1.46. The zero-order valence-corrected chi connectivity index (χ0v) is 21.4. The molecule has 1 aliphatic rings. The lowest BCUT2D eigenvalue weighted by molar-refractivity contribution is -0.141. The van der Waals surface area contributed by atoms with Gasteiger partial charge in [0.1, 0.15) is 12.6 Å². The largest absolute Gasteiger partial charge is 0.493 e. The maximum atomic E-state index is 13.3. The Labute approximate surface area is 213 Å². The Hall–Kier alpha value is -3.51. The summed E-state index contributed by atoms with van der Waals surface area (Å²) in [5.41, 5.74) is 0.670. The molecule has 1 saturated heterocycles. The number of benzene rings is 1. The molecule has 0 unspecified atom stereocenters. The molecule has 3 aromatic rings. The number of rotatable bonds is 11. The molecule has 1 aromatic carbocycles. The first-order chi connectivity index (χ1) is 17.5. The number of amides is 2. The maximum Gasteiger partial charge on any atom is 0.247 e. The molecule has 1 aliphatic heterocycles. The molecule has 4 rings (SSSR count). The first kappa shape index (κ1) is 25.6. The van der Waals surface area contributed by atoms with Crippen molar-refractivity contribution >= 4 is 23.2 Å². The van der Waals surface area contributed by atoms with Gasteiger partial charge in [-0.05, 0) is 54.6 Å². The summed E-state index contributed by atoms with van der Waals surface area (Å²) < 4.78 is 16.2. The molecular formula is C24H30N6O5S. The number of tetrazole rings is 1. The lowest BCUT2D eigenvalue weighted by atomic mass is 10.2. The SMILES string of the molecule is COc1ccc(-c2nnn(CC(=O)N(Cc3cccs3)[C@H](C)C(=O)NC[C@@H]3CCCO3)n2)cc1OC. The van der Waals surface area contributed by atoms with Crippen LogP contribution in [0.25, 0.3) is 11.4 Å². The maximum absolute atomic E-state index is 13.3. The van der Waals surface area contributed by atoms with Gasteiger partial charge in [-0.25, -0.2) is 0 Å². The first-order valence-corrected chi connectivity index (χ1v) is 12.6. The van der Waals surface area contributed by atoms with Gasteiger partial charge in [-0.15, -0.1) is 21.5 Å². The number of thiophene rings is 1. The molecule has 0 spiro atoms. The van der Waals surface area contributed by atoms with E-state index < -0.39 is 6.04 Å². The molecule has 11 nitrogen and oxygen atoms in total. The summed E-state index contributed by atoms with van der Waals surface area (Å²) in [6, 6.07) is 8.44. The fraction of sp³-hybridized carbons (Fsp3) is 0.458. The minimum Gasteiger partial charge on any atom is -0.493 e. The molecule has 1 N–H and O–H groups in total. The van der Waals surface area contributed by atoms with Crippen molar-refractivity contribution in [2.75, 3.05) is 27.4 Å². The molecule has 1 fully saturated rings. The second-order valence-corrected chi connectivity index (χ2v) is 9.40. The van der Waals surface area contributed by atoms with Crippen LogP contribution in [0.3, 0.4) is 0 Å². The van der Waals surface area contributed by atoms with Crippen LogP contribution in [0, 0.1) is 0 Å². The lowest BCUT2D eigenvalue weighted by Gasteiger charge is -2.28.